The topological polar surface area (TPSA) is 175 Å². The largest absolute Gasteiger partial charge is 0.466 e. The summed E-state index contributed by atoms with van der Waals surface area (Å²) in [5.41, 5.74) is 0. The fourth-order valence-corrected chi connectivity index (χ4v) is 13.8. The Bertz CT molecular complexity index is 1710. The average Bonchev–Trinajstić information content (AvgIpc) is 0.877. The lowest BCUT2D eigenvalue weighted by atomic mass is 9.99. The number of rotatable bonds is 77. The number of ether oxygens (including phenoxy) is 3. The predicted molar refractivity (Wildman–Crippen MR) is 412 cm³/mol. The number of carbonyl (C=O) groups is 2. The van der Waals surface area contributed by atoms with Gasteiger partial charge in [-0.3, -0.25) is 9.59 Å². The van der Waals surface area contributed by atoms with Crippen molar-refractivity contribution in [3.8, 4) is 0 Å². The Balaban J connectivity index is 1.87. The van der Waals surface area contributed by atoms with E-state index < -0.39 is 49.5 Å². The highest BCUT2D eigenvalue weighted by molar-refractivity contribution is 5.76. The zero-order valence-electron chi connectivity index (χ0n) is 64.1. The molecule has 11 heteroatoms. The van der Waals surface area contributed by atoms with Gasteiger partial charge in [0.2, 0.25) is 5.91 Å². The van der Waals surface area contributed by atoms with Crippen molar-refractivity contribution in [1.29, 1.82) is 0 Å². The summed E-state index contributed by atoms with van der Waals surface area (Å²) in [4.78, 5) is 25.2. The monoisotopic (exact) mass is 1370 g/mol. The molecule has 0 saturated carbocycles. The molecule has 7 unspecified atom stereocenters. The molecule has 6 N–H and O–H groups in total. The Morgan fingerprint density at radius 2 is 0.660 bits per heavy atom. The van der Waals surface area contributed by atoms with Crippen LogP contribution >= 0.6 is 0 Å². The third-order valence-corrected chi connectivity index (χ3v) is 20.5. The van der Waals surface area contributed by atoms with Gasteiger partial charge in [0, 0.05) is 12.8 Å². The van der Waals surface area contributed by atoms with Crippen LogP contribution in [0.4, 0.5) is 0 Å². The summed E-state index contributed by atoms with van der Waals surface area (Å²) in [6.07, 6.45) is 89.1. The fourth-order valence-electron chi connectivity index (χ4n) is 13.8. The first kappa shape index (κ1) is 92.9. The van der Waals surface area contributed by atoms with Crippen LogP contribution in [0.15, 0.2) is 36.5 Å². The van der Waals surface area contributed by atoms with Crippen LogP contribution in [0.25, 0.3) is 0 Å². The predicted octanol–water partition coefficient (Wildman–Crippen LogP) is 23.6. The van der Waals surface area contributed by atoms with Gasteiger partial charge in [0.25, 0.3) is 0 Å². The second-order valence-corrected chi connectivity index (χ2v) is 29.9. The van der Waals surface area contributed by atoms with E-state index in [0.717, 1.165) is 57.8 Å². The summed E-state index contributed by atoms with van der Waals surface area (Å²) in [7, 11) is 0. The van der Waals surface area contributed by atoms with Gasteiger partial charge in [-0.2, -0.15) is 0 Å². The van der Waals surface area contributed by atoms with Gasteiger partial charge in [-0.25, -0.2) is 0 Å². The molecule has 97 heavy (non-hydrogen) atoms. The molecule has 0 aromatic carbocycles. The van der Waals surface area contributed by atoms with Crippen LogP contribution in [0.3, 0.4) is 0 Å². The van der Waals surface area contributed by atoms with Gasteiger partial charge < -0.3 is 45.1 Å². The Morgan fingerprint density at radius 3 is 0.990 bits per heavy atom. The third-order valence-electron chi connectivity index (χ3n) is 20.5. The first-order valence-corrected chi connectivity index (χ1v) is 42.8. The van der Waals surface area contributed by atoms with Crippen molar-refractivity contribution in [3.05, 3.63) is 36.5 Å². The minimum Gasteiger partial charge on any atom is -0.466 e. The molecule has 0 aromatic heterocycles. The van der Waals surface area contributed by atoms with E-state index in [1.807, 2.05) is 6.08 Å². The zero-order chi connectivity index (χ0) is 70.1. The summed E-state index contributed by atoms with van der Waals surface area (Å²) >= 11 is 0. The molecule has 0 bridgehead atoms. The Labute approximate surface area is 600 Å². The number of carbonyl (C=O) groups excluding carboxylic acids is 2. The summed E-state index contributed by atoms with van der Waals surface area (Å²) in [6, 6.07) is -0.807. The Kier molecular flexibility index (Phi) is 71.9. The number of hydrogen-bond donors (Lipinski definition) is 6. The van der Waals surface area contributed by atoms with Gasteiger partial charge in [0.1, 0.15) is 24.4 Å². The van der Waals surface area contributed by atoms with Crippen molar-refractivity contribution in [2.24, 2.45) is 0 Å². The van der Waals surface area contributed by atoms with E-state index in [1.54, 1.807) is 6.08 Å². The van der Waals surface area contributed by atoms with Crippen LogP contribution in [-0.2, 0) is 23.8 Å². The molecule has 1 aliphatic heterocycles. The van der Waals surface area contributed by atoms with Crippen LogP contribution in [0.1, 0.15) is 438 Å². The minimum absolute atomic E-state index is 0.0143. The summed E-state index contributed by atoms with van der Waals surface area (Å²) in [5, 5.41) is 54.6. The van der Waals surface area contributed by atoms with E-state index in [9.17, 15) is 35.1 Å². The number of amides is 1. The van der Waals surface area contributed by atoms with E-state index in [1.165, 1.54) is 353 Å². The molecule has 0 radical (unpaired) electrons. The third kappa shape index (κ3) is 63.3. The molecule has 0 spiro atoms. The van der Waals surface area contributed by atoms with Crippen molar-refractivity contribution in [2.75, 3.05) is 19.8 Å². The number of aliphatic hydroxyl groups is 5. The fraction of sp³-hybridized carbons (Fsp3) is 0.907. The second kappa shape index (κ2) is 75.1. The molecule has 1 fully saturated rings. The highest BCUT2D eigenvalue weighted by Crippen LogP contribution is 2.24. The number of nitrogens with one attached hydrogen (secondary N) is 1. The molecule has 7 atom stereocenters. The van der Waals surface area contributed by atoms with E-state index in [4.69, 9.17) is 14.2 Å². The van der Waals surface area contributed by atoms with E-state index in [2.05, 4.69) is 43.5 Å². The van der Waals surface area contributed by atoms with Crippen LogP contribution in [0.2, 0.25) is 0 Å². The highest BCUT2D eigenvalue weighted by Gasteiger charge is 2.44. The van der Waals surface area contributed by atoms with Gasteiger partial charge in [-0.15, -0.1) is 0 Å². The van der Waals surface area contributed by atoms with Crippen LogP contribution in [0.5, 0.6) is 0 Å². The molecule has 0 aromatic rings. The first-order chi connectivity index (χ1) is 47.7. The van der Waals surface area contributed by atoms with Crippen molar-refractivity contribution in [2.45, 2.75) is 480 Å². The first-order valence-electron chi connectivity index (χ1n) is 42.8. The van der Waals surface area contributed by atoms with Crippen molar-refractivity contribution in [3.63, 3.8) is 0 Å². The Hall–Kier alpha value is -2.12. The molecule has 0 aliphatic carbocycles. The molecule has 572 valence electrons. The standard InChI is InChI=1S/C86H163NO10/c1-3-5-7-9-11-13-15-17-18-42-46-50-54-58-62-66-70-74-82(91)95-75-71-67-63-59-55-51-47-44-41-39-37-35-33-31-29-27-25-23-21-19-20-22-24-26-28-30-32-34-36-38-40-43-45-49-53-57-61-65-69-73-81(90)87-78(77-96-86-85(94)84(93)83(92)80(76-88)97-86)79(89)72-68-64-60-56-52-48-16-14-12-10-8-6-4-2/h17-20,68,72,78-80,83-86,88-89,92-94H,3-16,21-67,69-71,73-77H2,1-2H3,(H,87,90)/b18-17-,20-19-,72-68+. The lowest BCUT2D eigenvalue weighted by Crippen LogP contribution is -2.60. The number of unbranched alkanes of at least 4 members (excludes halogenated alkanes) is 59. The highest BCUT2D eigenvalue weighted by atomic mass is 16.7. The van der Waals surface area contributed by atoms with Gasteiger partial charge in [-0.1, -0.05) is 378 Å². The summed E-state index contributed by atoms with van der Waals surface area (Å²) in [5.74, 6) is -0.160. The normalized spacial score (nSPS) is 17.4. The van der Waals surface area contributed by atoms with E-state index in [0.29, 0.717) is 19.4 Å². The number of allylic oxidation sites excluding steroid dienone is 5. The maximum absolute atomic E-state index is 13.1. The number of esters is 1. The van der Waals surface area contributed by atoms with Crippen LogP contribution < -0.4 is 5.32 Å². The molecule has 1 rings (SSSR count). The van der Waals surface area contributed by atoms with Crippen molar-refractivity contribution in [1.82, 2.24) is 5.32 Å². The zero-order valence-corrected chi connectivity index (χ0v) is 64.1. The summed E-state index contributed by atoms with van der Waals surface area (Å²) in [6.45, 7) is 4.40. The van der Waals surface area contributed by atoms with Crippen LogP contribution in [0, 0.1) is 0 Å². The maximum Gasteiger partial charge on any atom is 0.305 e. The van der Waals surface area contributed by atoms with Gasteiger partial charge >= 0.3 is 5.97 Å². The van der Waals surface area contributed by atoms with Gasteiger partial charge in [0.05, 0.1) is 32.0 Å². The molecule has 11 nitrogen and oxygen atoms in total. The van der Waals surface area contributed by atoms with Crippen LogP contribution in [-0.4, -0.2) is 100 Å². The molecular formula is C86H163NO10. The molecule has 1 amide bonds. The Morgan fingerprint density at radius 1 is 0.371 bits per heavy atom. The van der Waals surface area contributed by atoms with Gasteiger partial charge in [0.15, 0.2) is 6.29 Å². The minimum atomic E-state index is -1.57. The van der Waals surface area contributed by atoms with Gasteiger partial charge in [-0.05, 0) is 83.5 Å². The number of aliphatic hydroxyl groups excluding tert-OH is 5. The molecule has 1 saturated heterocycles. The van der Waals surface area contributed by atoms with Crippen molar-refractivity contribution >= 4 is 11.9 Å². The second-order valence-electron chi connectivity index (χ2n) is 29.9. The maximum atomic E-state index is 13.1. The number of hydrogen-bond acceptors (Lipinski definition) is 10. The summed E-state index contributed by atoms with van der Waals surface area (Å²) < 4.78 is 16.8. The molecular weight excluding hydrogens is 1210 g/mol. The van der Waals surface area contributed by atoms with E-state index >= 15 is 0 Å². The smallest absolute Gasteiger partial charge is 0.305 e. The average molecular weight is 1370 g/mol. The molecule has 1 heterocycles. The van der Waals surface area contributed by atoms with E-state index in [-0.39, 0.29) is 18.5 Å². The SMILES string of the molecule is CCCCCCCC/C=C\CCCCCCCCCC(=O)OCCCCCCCCCCCCCCCCCCCC/C=C\CCCCCCCCCCCCCCCCCCCC(=O)NC(COC1OC(CO)C(O)C(O)C1O)C(O)/C=C/CCCCCCCCCCCCC. The lowest BCUT2D eigenvalue weighted by molar-refractivity contribution is -0.302. The molecule has 1 aliphatic rings. The van der Waals surface area contributed by atoms with Crippen molar-refractivity contribution < 1.29 is 49.3 Å². The lowest BCUT2D eigenvalue weighted by Gasteiger charge is -2.40. The quantitative estimate of drug-likeness (QED) is 0.0195.